The Balaban J connectivity index is 1.72. The Labute approximate surface area is 169 Å². The van der Waals surface area contributed by atoms with Gasteiger partial charge in [0.05, 0.1) is 24.6 Å². The molecule has 0 radical (unpaired) electrons. The van der Waals surface area contributed by atoms with Crippen molar-refractivity contribution in [3.8, 4) is 0 Å². The average Bonchev–Trinajstić information content (AvgIpc) is 2.70. The summed E-state index contributed by atoms with van der Waals surface area (Å²) in [6.07, 6.45) is 1.62. The van der Waals surface area contributed by atoms with Crippen molar-refractivity contribution in [2.75, 3.05) is 17.7 Å². The zero-order valence-corrected chi connectivity index (χ0v) is 16.9. The fraction of sp³-hybridized carbons (Fsp3) is 0.174. The number of methoxy groups -OCH3 is 1. The third kappa shape index (κ3) is 4.79. The van der Waals surface area contributed by atoms with Crippen molar-refractivity contribution in [2.24, 2.45) is 0 Å². The lowest BCUT2D eigenvalue weighted by Crippen LogP contribution is -2.14. The predicted octanol–water partition coefficient (Wildman–Crippen LogP) is 4.79. The van der Waals surface area contributed by atoms with Gasteiger partial charge in [-0.2, -0.15) is 0 Å². The number of pyridine rings is 1. The third-order valence-electron chi connectivity index (χ3n) is 4.48. The molecule has 1 amide bonds. The van der Waals surface area contributed by atoms with Crippen molar-refractivity contribution in [2.45, 2.75) is 20.8 Å². The third-order valence-corrected chi connectivity index (χ3v) is 4.48. The molecule has 0 aliphatic rings. The summed E-state index contributed by atoms with van der Waals surface area (Å²) in [7, 11) is 1.31. The number of nitrogens with one attached hydrogen (secondary N) is 2. The molecule has 0 aliphatic carbocycles. The minimum absolute atomic E-state index is 0.274. The molecule has 6 heteroatoms. The summed E-state index contributed by atoms with van der Waals surface area (Å²) < 4.78 is 4.70. The summed E-state index contributed by atoms with van der Waals surface area (Å²) in [5.41, 5.74) is 6.47. The molecule has 0 unspecified atom stereocenters. The highest BCUT2D eigenvalue weighted by molar-refractivity contribution is 6.03. The summed E-state index contributed by atoms with van der Waals surface area (Å²) >= 11 is 0. The maximum absolute atomic E-state index is 12.5. The van der Waals surface area contributed by atoms with E-state index in [-0.39, 0.29) is 11.6 Å². The minimum Gasteiger partial charge on any atom is -0.465 e. The highest BCUT2D eigenvalue weighted by atomic mass is 16.5. The standard InChI is InChI=1S/C23H23N3O3/c1-14-10-15(2)21(16(3)11-14)25-19-8-9-20(24-13-19)22(27)26-18-7-5-6-17(12-18)23(28)29-4/h5-13,25H,1-4H3,(H,26,27). The van der Waals surface area contributed by atoms with E-state index in [1.165, 1.54) is 12.7 Å². The van der Waals surface area contributed by atoms with Gasteiger partial charge in [0.2, 0.25) is 0 Å². The molecule has 0 saturated carbocycles. The van der Waals surface area contributed by atoms with Crippen molar-refractivity contribution < 1.29 is 14.3 Å². The maximum Gasteiger partial charge on any atom is 0.337 e. The SMILES string of the molecule is COC(=O)c1cccc(NC(=O)c2ccc(Nc3c(C)cc(C)cc3C)cn2)c1. The highest BCUT2D eigenvalue weighted by Gasteiger charge is 2.11. The number of carbonyl (C=O) groups is 2. The largest absolute Gasteiger partial charge is 0.465 e. The molecule has 6 nitrogen and oxygen atoms in total. The quantitative estimate of drug-likeness (QED) is 0.613. The molecular formula is C23H23N3O3. The lowest BCUT2D eigenvalue weighted by atomic mass is 10.0. The van der Waals surface area contributed by atoms with Crippen LogP contribution < -0.4 is 10.6 Å². The Morgan fingerprint density at radius 1 is 0.931 bits per heavy atom. The molecule has 0 fully saturated rings. The van der Waals surface area contributed by atoms with E-state index < -0.39 is 5.97 Å². The number of aromatic nitrogens is 1. The van der Waals surface area contributed by atoms with E-state index >= 15 is 0 Å². The maximum atomic E-state index is 12.5. The van der Waals surface area contributed by atoms with Crippen LogP contribution in [0.15, 0.2) is 54.7 Å². The van der Waals surface area contributed by atoms with Crippen LogP contribution in [0, 0.1) is 20.8 Å². The number of amides is 1. The van der Waals surface area contributed by atoms with Crippen LogP contribution in [0.5, 0.6) is 0 Å². The van der Waals surface area contributed by atoms with Crippen LogP contribution in [-0.4, -0.2) is 24.0 Å². The lowest BCUT2D eigenvalue weighted by Gasteiger charge is -2.14. The predicted molar refractivity (Wildman–Crippen MR) is 114 cm³/mol. The van der Waals surface area contributed by atoms with Gasteiger partial charge in [-0.05, 0) is 62.2 Å². The monoisotopic (exact) mass is 389 g/mol. The fourth-order valence-corrected chi connectivity index (χ4v) is 3.16. The molecule has 3 aromatic rings. The van der Waals surface area contributed by atoms with Gasteiger partial charge in [-0.3, -0.25) is 4.79 Å². The molecule has 148 valence electrons. The molecule has 0 atom stereocenters. The number of anilines is 3. The van der Waals surface area contributed by atoms with Gasteiger partial charge in [-0.15, -0.1) is 0 Å². The number of carbonyl (C=O) groups excluding carboxylic acids is 2. The van der Waals surface area contributed by atoms with E-state index in [1.807, 2.05) is 6.07 Å². The molecule has 0 aliphatic heterocycles. The summed E-state index contributed by atoms with van der Waals surface area (Å²) in [6, 6.07) is 14.3. The Morgan fingerprint density at radius 2 is 1.66 bits per heavy atom. The Hall–Kier alpha value is -3.67. The van der Waals surface area contributed by atoms with E-state index in [1.54, 1.807) is 36.5 Å². The van der Waals surface area contributed by atoms with Crippen LogP contribution in [0.2, 0.25) is 0 Å². The van der Waals surface area contributed by atoms with Crippen LogP contribution in [-0.2, 0) is 4.74 Å². The van der Waals surface area contributed by atoms with E-state index in [0.717, 1.165) is 22.5 Å². The molecule has 2 N–H and O–H groups in total. The molecule has 2 aromatic carbocycles. The van der Waals surface area contributed by atoms with Gasteiger partial charge >= 0.3 is 5.97 Å². The van der Waals surface area contributed by atoms with Crippen LogP contribution in [0.25, 0.3) is 0 Å². The van der Waals surface area contributed by atoms with Crippen molar-refractivity contribution in [1.29, 1.82) is 0 Å². The molecule has 1 heterocycles. The van der Waals surface area contributed by atoms with E-state index in [2.05, 4.69) is 48.5 Å². The number of esters is 1. The second-order valence-corrected chi connectivity index (χ2v) is 6.86. The van der Waals surface area contributed by atoms with Crippen LogP contribution >= 0.6 is 0 Å². The van der Waals surface area contributed by atoms with Crippen LogP contribution in [0.3, 0.4) is 0 Å². The number of benzene rings is 2. The van der Waals surface area contributed by atoms with E-state index in [9.17, 15) is 9.59 Å². The zero-order chi connectivity index (χ0) is 21.0. The van der Waals surface area contributed by atoms with Crippen molar-refractivity contribution >= 4 is 28.9 Å². The van der Waals surface area contributed by atoms with E-state index in [0.29, 0.717) is 11.3 Å². The molecule has 0 bridgehead atoms. The normalized spacial score (nSPS) is 10.3. The first-order valence-electron chi connectivity index (χ1n) is 9.18. The first-order valence-corrected chi connectivity index (χ1v) is 9.18. The Bertz CT molecular complexity index is 1040. The van der Waals surface area contributed by atoms with Gasteiger partial charge in [0, 0.05) is 11.4 Å². The first kappa shape index (κ1) is 20.1. The number of ether oxygens (including phenoxy) is 1. The van der Waals surface area contributed by atoms with Crippen molar-refractivity contribution in [3.05, 3.63) is 82.7 Å². The molecule has 3 rings (SSSR count). The molecule has 29 heavy (non-hydrogen) atoms. The second-order valence-electron chi connectivity index (χ2n) is 6.86. The molecular weight excluding hydrogens is 366 g/mol. The zero-order valence-electron chi connectivity index (χ0n) is 16.9. The number of hydrogen-bond acceptors (Lipinski definition) is 5. The number of aryl methyl sites for hydroxylation is 3. The summed E-state index contributed by atoms with van der Waals surface area (Å²) in [5.74, 6) is -0.822. The fourth-order valence-electron chi connectivity index (χ4n) is 3.16. The van der Waals surface area contributed by atoms with Crippen LogP contribution in [0.4, 0.5) is 17.1 Å². The van der Waals surface area contributed by atoms with Crippen LogP contribution in [0.1, 0.15) is 37.5 Å². The average molecular weight is 389 g/mol. The van der Waals surface area contributed by atoms with E-state index in [4.69, 9.17) is 4.74 Å². The topological polar surface area (TPSA) is 80.3 Å². The van der Waals surface area contributed by atoms with Gasteiger partial charge in [0.15, 0.2) is 0 Å². The highest BCUT2D eigenvalue weighted by Crippen LogP contribution is 2.25. The molecule has 1 aromatic heterocycles. The number of nitrogens with zero attached hydrogens (tertiary/aromatic N) is 1. The van der Waals surface area contributed by atoms with Gasteiger partial charge in [0.25, 0.3) is 5.91 Å². The lowest BCUT2D eigenvalue weighted by molar-refractivity contribution is 0.0600. The second kappa shape index (κ2) is 8.56. The molecule has 0 spiro atoms. The van der Waals surface area contributed by atoms with Gasteiger partial charge in [-0.25, -0.2) is 9.78 Å². The summed E-state index contributed by atoms with van der Waals surface area (Å²) in [6.45, 7) is 6.18. The number of rotatable bonds is 5. The van der Waals surface area contributed by atoms with Crippen molar-refractivity contribution in [3.63, 3.8) is 0 Å². The first-order chi connectivity index (χ1) is 13.9. The van der Waals surface area contributed by atoms with Crippen molar-refractivity contribution in [1.82, 2.24) is 4.98 Å². The Morgan fingerprint density at radius 3 is 2.28 bits per heavy atom. The van der Waals surface area contributed by atoms with Gasteiger partial charge < -0.3 is 15.4 Å². The van der Waals surface area contributed by atoms with Gasteiger partial charge in [0.1, 0.15) is 5.69 Å². The molecule has 0 saturated heterocycles. The minimum atomic E-state index is -0.462. The van der Waals surface area contributed by atoms with Gasteiger partial charge in [-0.1, -0.05) is 23.8 Å². The Kier molecular flexibility index (Phi) is 5.93. The summed E-state index contributed by atoms with van der Waals surface area (Å²) in [4.78, 5) is 28.3. The number of hydrogen-bond donors (Lipinski definition) is 2. The smallest absolute Gasteiger partial charge is 0.337 e. The summed E-state index contributed by atoms with van der Waals surface area (Å²) in [5, 5.41) is 6.11.